The van der Waals surface area contributed by atoms with Crippen LogP contribution in [0.15, 0.2) is 59.5 Å². The van der Waals surface area contributed by atoms with Crippen LogP contribution in [0.3, 0.4) is 0 Å². The average Bonchev–Trinajstić information content (AvgIpc) is 3.10. The van der Waals surface area contributed by atoms with Gasteiger partial charge >= 0.3 is 0 Å². The van der Waals surface area contributed by atoms with Crippen molar-refractivity contribution >= 4 is 34.2 Å². The van der Waals surface area contributed by atoms with E-state index < -0.39 is 0 Å². The Morgan fingerprint density at radius 2 is 1.85 bits per heavy atom. The summed E-state index contributed by atoms with van der Waals surface area (Å²) in [4.78, 5) is 42.7. The number of para-hydroxylation sites is 4. The highest BCUT2D eigenvalue weighted by Crippen LogP contribution is 2.29. The number of amides is 2. The number of anilines is 2. The Balaban J connectivity index is 1.61. The van der Waals surface area contributed by atoms with E-state index in [1.807, 2.05) is 18.2 Å². The molecule has 7 nitrogen and oxygen atoms in total. The number of nitrogens with one attached hydrogen (secondary N) is 1. The van der Waals surface area contributed by atoms with Gasteiger partial charge in [-0.25, -0.2) is 4.98 Å². The summed E-state index contributed by atoms with van der Waals surface area (Å²) in [5.74, 6) is -0.291. The second kappa shape index (κ2) is 7.03. The monoisotopic (exact) mass is 362 g/mol. The third kappa shape index (κ3) is 3.31. The lowest BCUT2D eigenvalue weighted by atomic mass is 10.2. The predicted molar refractivity (Wildman–Crippen MR) is 103 cm³/mol. The van der Waals surface area contributed by atoms with Crippen LogP contribution in [0.5, 0.6) is 0 Å². The summed E-state index contributed by atoms with van der Waals surface area (Å²) in [5.41, 5.74) is 2.15. The summed E-state index contributed by atoms with van der Waals surface area (Å²) >= 11 is 0. The fourth-order valence-corrected chi connectivity index (χ4v) is 3.33. The molecule has 1 N–H and O–H groups in total. The first kappa shape index (κ1) is 17.0. The van der Waals surface area contributed by atoms with Crippen molar-refractivity contribution in [3.8, 4) is 0 Å². The first-order valence-electron chi connectivity index (χ1n) is 8.77. The topological polar surface area (TPSA) is 84.3 Å². The Bertz CT molecular complexity index is 1090. The van der Waals surface area contributed by atoms with Crippen molar-refractivity contribution in [1.29, 1.82) is 0 Å². The molecule has 0 bridgehead atoms. The normalized spacial score (nSPS) is 13.9. The quantitative estimate of drug-likeness (QED) is 0.771. The first-order chi connectivity index (χ1) is 13.1. The summed E-state index contributed by atoms with van der Waals surface area (Å²) in [6, 6.07) is 14.4. The molecule has 2 heterocycles. The molecule has 136 valence electrons. The van der Waals surface area contributed by atoms with Crippen LogP contribution in [0, 0.1) is 0 Å². The van der Waals surface area contributed by atoms with Gasteiger partial charge in [0.05, 0.1) is 28.6 Å². The third-order valence-electron chi connectivity index (χ3n) is 4.60. The van der Waals surface area contributed by atoms with Crippen molar-refractivity contribution in [1.82, 2.24) is 9.55 Å². The second-order valence-electron chi connectivity index (χ2n) is 6.39. The smallest absolute Gasteiger partial charge is 0.269 e. The maximum Gasteiger partial charge on any atom is 0.269 e. The number of hydrogen-bond acceptors (Lipinski definition) is 4. The average molecular weight is 362 g/mol. The minimum atomic E-state index is -0.341. The van der Waals surface area contributed by atoms with Gasteiger partial charge in [0.15, 0.2) is 0 Å². The van der Waals surface area contributed by atoms with E-state index in [0.29, 0.717) is 35.4 Å². The summed E-state index contributed by atoms with van der Waals surface area (Å²) in [6.45, 7) is 0.504. The molecule has 7 heteroatoms. The molecule has 1 aliphatic heterocycles. The lowest BCUT2D eigenvalue weighted by molar-refractivity contribution is -0.117. The second-order valence-corrected chi connectivity index (χ2v) is 6.39. The molecule has 2 aromatic carbocycles. The number of hydrogen-bond donors (Lipinski definition) is 1. The zero-order valence-corrected chi connectivity index (χ0v) is 14.6. The number of nitrogens with zero attached hydrogens (tertiary/aromatic N) is 3. The van der Waals surface area contributed by atoms with Gasteiger partial charge in [-0.1, -0.05) is 24.3 Å². The van der Waals surface area contributed by atoms with Crippen LogP contribution in [-0.2, 0) is 16.1 Å². The van der Waals surface area contributed by atoms with Gasteiger partial charge in [-0.3, -0.25) is 19.0 Å². The van der Waals surface area contributed by atoms with E-state index in [0.717, 1.165) is 6.42 Å². The van der Waals surface area contributed by atoms with Gasteiger partial charge in [-0.2, -0.15) is 0 Å². The number of fused-ring (bicyclic) bond motifs is 1. The standard InChI is InChI=1S/C20H18N4O3/c25-18(13-24-16-8-3-1-6-14(16)21-12-20(24)27)22-15-7-2-4-9-17(15)23-11-5-10-19(23)26/h1-4,6-9,12H,5,10-11,13H2,(H,22,25). The van der Waals surface area contributed by atoms with Crippen molar-refractivity contribution in [2.75, 3.05) is 16.8 Å². The molecule has 0 atom stereocenters. The highest BCUT2D eigenvalue weighted by atomic mass is 16.2. The van der Waals surface area contributed by atoms with Gasteiger partial charge in [-0.05, 0) is 30.7 Å². The first-order valence-corrected chi connectivity index (χ1v) is 8.77. The zero-order valence-electron chi connectivity index (χ0n) is 14.6. The Morgan fingerprint density at radius 3 is 2.67 bits per heavy atom. The lowest BCUT2D eigenvalue weighted by Crippen LogP contribution is -2.29. The van der Waals surface area contributed by atoms with Crippen LogP contribution in [0.1, 0.15) is 12.8 Å². The van der Waals surface area contributed by atoms with Gasteiger partial charge in [0.2, 0.25) is 11.8 Å². The van der Waals surface area contributed by atoms with E-state index >= 15 is 0 Å². The molecule has 0 aliphatic carbocycles. The maximum absolute atomic E-state index is 12.6. The van der Waals surface area contributed by atoms with Crippen LogP contribution in [-0.4, -0.2) is 27.9 Å². The minimum Gasteiger partial charge on any atom is -0.323 e. The third-order valence-corrected chi connectivity index (χ3v) is 4.60. The Morgan fingerprint density at radius 1 is 1.07 bits per heavy atom. The summed E-state index contributed by atoms with van der Waals surface area (Å²) in [5, 5.41) is 2.84. The number of aromatic nitrogens is 2. The van der Waals surface area contributed by atoms with E-state index in [4.69, 9.17) is 0 Å². The summed E-state index contributed by atoms with van der Waals surface area (Å²) < 4.78 is 1.39. The molecule has 0 radical (unpaired) electrons. The van der Waals surface area contributed by atoms with Gasteiger partial charge in [0, 0.05) is 13.0 Å². The molecular formula is C20H18N4O3. The molecular weight excluding hydrogens is 344 g/mol. The molecule has 27 heavy (non-hydrogen) atoms. The number of rotatable bonds is 4. The van der Waals surface area contributed by atoms with Gasteiger partial charge < -0.3 is 10.2 Å². The number of carbonyl (C=O) groups excluding carboxylic acids is 2. The fraction of sp³-hybridized carbons (Fsp3) is 0.200. The van der Waals surface area contributed by atoms with Gasteiger partial charge in [-0.15, -0.1) is 0 Å². The van der Waals surface area contributed by atoms with Gasteiger partial charge in [0.25, 0.3) is 5.56 Å². The fourth-order valence-electron chi connectivity index (χ4n) is 3.33. The van der Waals surface area contributed by atoms with Crippen molar-refractivity contribution in [3.63, 3.8) is 0 Å². The Kier molecular flexibility index (Phi) is 4.42. The molecule has 1 saturated heterocycles. The van der Waals surface area contributed by atoms with Crippen LogP contribution in [0.4, 0.5) is 11.4 Å². The highest BCUT2D eigenvalue weighted by Gasteiger charge is 2.24. The van der Waals surface area contributed by atoms with Crippen molar-refractivity contribution in [3.05, 3.63) is 65.1 Å². The number of carbonyl (C=O) groups is 2. The van der Waals surface area contributed by atoms with E-state index in [-0.39, 0.29) is 23.9 Å². The van der Waals surface area contributed by atoms with E-state index in [9.17, 15) is 14.4 Å². The SMILES string of the molecule is O=C(Cn1c(=O)cnc2ccccc21)Nc1ccccc1N1CCCC1=O. The van der Waals surface area contributed by atoms with Crippen molar-refractivity contribution in [2.24, 2.45) is 0 Å². The molecule has 0 saturated carbocycles. The molecule has 1 aliphatic rings. The molecule has 1 aromatic heterocycles. The van der Waals surface area contributed by atoms with E-state index in [1.165, 1.54) is 10.8 Å². The lowest BCUT2D eigenvalue weighted by Gasteiger charge is -2.20. The predicted octanol–water partition coefficient (Wildman–Crippen LogP) is 2.16. The highest BCUT2D eigenvalue weighted by molar-refractivity contribution is 6.02. The van der Waals surface area contributed by atoms with E-state index in [1.54, 1.807) is 35.2 Å². The minimum absolute atomic E-state index is 0.0491. The van der Waals surface area contributed by atoms with Crippen LogP contribution in [0.25, 0.3) is 11.0 Å². The van der Waals surface area contributed by atoms with Crippen LogP contribution >= 0.6 is 0 Å². The summed E-state index contributed by atoms with van der Waals surface area (Å²) in [6.07, 6.45) is 2.53. The van der Waals surface area contributed by atoms with E-state index in [2.05, 4.69) is 10.3 Å². The van der Waals surface area contributed by atoms with Crippen LogP contribution < -0.4 is 15.8 Å². The molecule has 2 amide bonds. The zero-order chi connectivity index (χ0) is 18.8. The molecule has 0 spiro atoms. The van der Waals surface area contributed by atoms with Gasteiger partial charge in [0.1, 0.15) is 6.54 Å². The molecule has 0 unspecified atom stereocenters. The van der Waals surface area contributed by atoms with Crippen molar-refractivity contribution < 1.29 is 9.59 Å². The Labute approximate surface area is 155 Å². The Hall–Kier alpha value is -3.48. The van der Waals surface area contributed by atoms with Crippen LogP contribution in [0.2, 0.25) is 0 Å². The molecule has 3 aromatic rings. The maximum atomic E-state index is 12.6. The number of benzene rings is 2. The molecule has 4 rings (SSSR count). The summed E-state index contributed by atoms with van der Waals surface area (Å²) in [7, 11) is 0. The molecule has 1 fully saturated rings. The largest absolute Gasteiger partial charge is 0.323 e. The van der Waals surface area contributed by atoms with Crippen molar-refractivity contribution in [2.45, 2.75) is 19.4 Å².